The van der Waals surface area contributed by atoms with Crippen molar-refractivity contribution in [3.63, 3.8) is 0 Å². The van der Waals surface area contributed by atoms with Gasteiger partial charge in [0.2, 0.25) is 0 Å². The summed E-state index contributed by atoms with van der Waals surface area (Å²) in [5.74, 6) is 0.124. The highest BCUT2D eigenvalue weighted by Crippen LogP contribution is 2.70. The molecule has 6 aliphatic rings. The van der Waals surface area contributed by atoms with Gasteiger partial charge in [0.1, 0.15) is 6.61 Å². The van der Waals surface area contributed by atoms with E-state index in [4.69, 9.17) is 9.73 Å². The zero-order valence-electron chi connectivity index (χ0n) is 22.5. The fraction of sp³-hybridized carbons (Fsp3) is 0.806. The van der Waals surface area contributed by atoms with E-state index in [2.05, 4.69) is 19.2 Å². The Balaban J connectivity index is 1.29. The van der Waals surface area contributed by atoms with Gasteiger partial charge in [-0.15, -0.1) is 0 Å². The van der Waals surface area contributed by atoms with E-state index < -0.39 is 22.7 Å². The first-order valence-corrected chi connectivity index (χ1v) is 14.9. The van der Waals surface area contributed by atoms with Crippen molar-refractivity contribution in [3.05, 3.63) is 23.3 Å². The van der Waals surface area contributed by atoms with Crippen LogP contribution >= 0.6 is 0 Å². The number of allylic oxidation sites excluding steroid dienone is 1. The first-order chi connectivity index (χ1) is 17.7. The zero-order chi connectivity index (χ0) is 25.9. The van der Waals surface area contributed by atoms with Gasteiger partial charge in [-0.25, -0.2) is 4.79 Å². The number of rotatable bonds is 5. The van der Waals surface area contributed by atoms with Gasteiger partial charge in [-0.2, -0.15) is 0 Å². The summed E-state index contributed by atoms with van der Waals surface area (Å²) in [6.45, 7) is 3.33. The van der Waals surface area contributed by atoms with Crippen molar-refractivity contribution in [3.8, 4) is 0 Å². The molecule has 37 heavy (non-hydrogen) atoms. The Labute approximate surface area is 221 Å². The number of aliphatic hydroxyl groups is 3. The summed E-state index contributed by atoms with van der Waals surface area (Å²) < 4.78 is 5.26. The van der Waals surface area contributed by atoms with E-state index in [9.17, 15) is 20.1 Å². The third-order valence-electron chi connectivity index (χ3n) is 11.9. The molecule has 0 aromatic carbocycles. The Morgan fingerprint density at radius 1 is 1.08 bits per heavy atom. The molecule has 3 N–H and O–H groups in total. The third-order valence-corrected chi connectivity index (χ3v) is 11.9. The Bertz CT molecular complexity index is 1020. The molecule has 0 saturated heterocycles. The molecule has 4 fully saturated rings. The highest BCUT2D eigenvalue weighted by Gasteiger charge is 2.71. The predicted molar refractivity (Wildman–Crippen MR) is 142 cm³/mol. The highest BCUT2D eigenvalue weighted by molar-refractivity contribution is 5.85. The molecule has 0 bridgehead atoms. The van der Waals surface area contributed by atoms with E-state index in [0.29, 0.717) is 25.9 Å². The number of esters is 1. The van der Waals surface area contributed by atoms with Gasteiger partial charge in [-0.1, -0.05) is 18.6 Å². The average Bonchev–Trinajstić information content (AvgIpc) is 3.42. The maximum atomic E-state index is 12.5. The molecule has 0 aromatic rings. The van der Waals surface area contributed by atoms with Gasteiger partial charge in [-0.3, -0.25) is 4.99 Å². The van der Waals surface area contributed by atoms with Crippen molar-refractivity contribution in [2.75, 3.05) is 13.2 Å². The third kappa shape index (κ3) is 3.91. The SMILES string of the molecule is C[C@]12CC[C@H]3[C@@H](CC[C@]4(O)C[C@@H](O)CC[C@]34C=NCCC3=CCCCC3)[C@@]1(O)CC[C@@H]2C1=CC(=O)OC1. The monoisotopic (exact) mass is 511 g/mol. The topological polar surface area (TPSA) is 99.4 Å². The molecule has 5 aliphatic carbocycles. The lowest BCUT2D eigenvalue weighted by atomic mass is 9.41. The molecule has 0 radical (unpaired) electrons. The molecular formula is C31H45NO5. The van der Waals surface area contributed by atoms with Crippen LogP contribution < -0.4 is 0 Å². The van der Waals surface area contributed by atoms with Crippen LogP contribution in [-0.4, -0.2) is 58.0 Å². The second kappa shape index (κ2) is 9.31. The predicted octanol–water partition coefficient (Wildman–Crippen LogP) is 4.66. The number of aliphatic imine (C=N–C) groups is 1. The average molecular weight is 512 g/mol. The summed E-state index contributed by atoms with van der Waals surface area (Å²) in [5, 5.41) is 35.2. The minimum absolute atomic E-state index is 0.0814. The number of hydrogen-bond acceptors (Lipinski definition) is 6. The lowest BCUT2D eigenvalue weighted by Gasteiger charge is -2.65. The van der Waals surface area contributed by atoms with Crippen LogP contribution in [0.3, 0.4) is 0 Å². The van der Waals surface area contributed by atoms with Gasteiger partial charge in [0, 0.05) is 36.1 Å². The number of fused-ring (bicyclic) bond motifs is 5. The number of hydrogen-bond donors (Lipinski definition) is 3. The standard InChI is InChI=1S/C31H45NO5/c1-28-12-8-25-26(31(28,36)15-10-24(28)22-17-27(34)37-19-22)9-14-30(35)18-23(33)7-13-29(25,30)20-32-16-11-21-5-3-2-4-6-21/h5,17,20,23-26,33,35-36H,2-4,6-16,18-19H2,1H3/t23-,24+,25-,26+,28+,29-,30-,31-/m0/s1. The first-order valence-electron chi connectivity index (χ1n) is 14.9. The smallest absolute Gasteiger partial charge is 0.331 e. The zero-order valence-corrected chi connectivity index (χ0v) is 22.5. The number of carbonyl (C=O) groups excluding carboxylic acids is 1. The number of aliphatic hydroxyl groups excluding tert-OH is 1. The van der Waals surface area contributed by atoms with Gasteiger partial charge < -0.3 is 20.1 Å². The molecule has 1 heterocycles. The van der Waals surface area contributed by atoms with E-state index in [0.717, 1.165) is 57.1 Å². The van der Waals surface area contributed by atoms with Crippen LogP contribution in [0.1, 0.15) is 96.8 Å². The Morgan fingerprint density at radius 2 is 1.92 bits per heavy atom. The number of nitrogens with zero attached hydrogens (tertiary/aromatic N) is 1. The van der Waals surface area contributed by atoms with Crippen LogP contribution in [0.25, 0.3) is 0 Å². The summed E-state index contributed by atoms with van der Waals surface area (Å²) in [6, 6.07) is 0. The van der Waals surface area contributed by atoms with E-state index in [1.807, 2.05) is 0 Å². The Kier molecular flexibility index (Phi) is 6.48. The summed E-state index contributed by atoms with van der Waals surface area (Å²) in [4.78, 5) is 16.8. The largest absolute Gasteiger partial charge is 0.458 e. The van der Waals surface area contributed by atoms with Crippen molar-refractivity contribution >= 4 is 12.2 Å². The molecule has 0 unspecified atom stereocenters. The Hall–Kier alpha value is -1.50. The summed E-state index contributed by atoms with van der Waals surface area (Å²) in [6.07, 6.45) is 18.1. The number of carbonyl (C=O) groups is 1. The van der Waals surface area contributed by atoms with Crippen LogP contribution in [0.15, 0.2) is 28.3 Å². The van der Waals surface area contributed by atoms with Gasteiger partial charge in [0.15, 0.2) is 0 Å². The molecule has 4 saturated carbocycles. The molecule has 0 spiro atoms. The molecule has 0 aromatic heterocycles. The van der Waals surface area contributed by atoms with E-state index in [1.54, 1.807) is 6.08 Å². The molecule has 6 rings (SSSR count). The molecule has 1 aliphatic heterocycles. The summed E-state index contributed by atoms with van der Waals surface area (Å²) in [7, 11) is 0. The molecule has 0 amide bonds. The van der Waals surface area contributed by atoms with Crippen molar-refractivity contribution in [1.29, 1.82) is 0 Å². The van der Waals surface area contributed by atoms with E-state index in [-0.39, 0.29) is 29.1 Å². The second-order valence-electron chi connectivity index (χ2n) is 13.4. The quantitative estimate of drug-likeness (QED) is 0.283. The van der Waals surface area contributed by atoms with Crippen molar-refractivity contribution < 1.29 is 24.9 Å². The van der Waals surface area contributed by atoms with Crippen LogP contribution in [0, 0.1) is 28.6 Å². The van der Waals surface area contributed by atoms with Crippen molar-refractivity contribution in [2.45, 2.75) is 114 Å². The van der Waals surface area contributed by atoms with Crippen LogP contribution in [0.2, 0.25) is 0 Å². The van der Waals surface area contributed by atoms with Gasteiger partial charge in [-0.05, 0) is 107 Å². The van der Waals surface area contributed by atoms with E-state index in [1.165, 1.54) is 31.3 Å². The fourth-order valence-electron chi connectivity index (χ4n) is 9.93. The van der Waals surface area contributed by atoms with Crippen molar-refractivity contribution in [1.82, 2.24) is 0 Å². The summed E-state index contributed by atoms with van der Waals surface area (Å²) >= 11 is 0. The number of ether oxygens (including phenoxy) is 1. The first kappa shape index (κ1) is 25.8. The molecule has 8 atom stereocenters. The normalized spacial score (nSPS) is 47.6. The minimum atomic E-state index is -0.976. The van der Waals surface area contributed by atoms with Crippen LogP contribution in [-0.2, 0) is 9.53 Å². The Morgan fingerprint density at radius 3 is 2.68 bits per heavy atom. The molecule has 6 heteroatoms. The van der Waals surface area contributed by atoms with Gasteiger partial charge in [0.25, 0.3) is 0 Å². The lowest BCUT2D eigenvalue weighted by Crippen LogP contribution is -2.68. The maximum absolute atomic E-state index is 12.5. The maximum Gasteiger partial charge on any atom is 0.331 e. The minimum Gasteiger partial charge on any atom is -0.458 e. The van der Waals surface area contributed by atoms with Gasteiger partial charge in [0.05, 0.1) is 17.3 Å². The second-order valence-corrected chi connectivity index (χ2v) is 13.4. The highest BCUT2D eigenvalue weighted by atomic mass is 16.5. The van der Waals surface area contributed by atoms with Crippen molar-refractivity contribution in [2.24, 2.45) is 33.6 Å². The van der Waals surface area contributed by atoms with Gasteiger partial charge >= 0.3 is 5.97 Å². The molecular weight excluding hydrogens is 466 g/mol. The molecule has 6 nitrogen and oxygen atoms in total. The van der Waals surface area contributed by atoms with Crippen LogP contribution in [0.5, 0.6) is 0 Å². The fourth-order valence-corrected chi connectivity index (χ4v) is 9.93. The molecule has 204 valence electrons. The number of cyclic esters (lactones) is 1. The summed E-state index contributed by atoms with van der Waals surface area (Å²) in [5.41, 5.74) is -0.0580. The lowest BCUT2D eigenvalue weighted by molar-refractivity contribution is -0.237. The van der Waals surface area contributed by atoms with Crippen LogP contribution in [0.4, 0.5) is 0 Å². The van der Waals surface area contributed by atoms with E-state index >= 15 is 0 Å².